The van der Waals surface area contributed by atoms with Crippen LogP contribution in [-0.2, 0) is 25.6 Å². The molecule has 0 heterocycles. The summed E-state index contributed by atoms with van der Waals surface area (Å²) in [6.07, 6.45) is 8.80. The molecular formula is C16H36NiO4P2. The van der Waals surface area contributed by atoms with Gasteiger partial charge >= 0.3 is 16.5 Å². The third-order valence-corrected chi connectivity index (χ3v) is 7.40. The van der Waals surface area contributed by atoms with Crippen LogP contribution in [0.15, 0.2) is 0 Å². The zero-order chi connectivity index (χ0) is 17.5. The zero-order valence-electron chi connectivity index (χ0n) is 15.3. The fraction of sp³-hybridized carbons (Fsp3) is 1.00. The summed E-state index contributed by atoms with van der Waals surface area (Å²) in [5, 5.41) is 0. The van der Waals surface area contributed by atoms with Crippen molar-refractivity contribution in [3.63, 3.8) is 0 Å². The number of unbranched alkanes of at least 4 members (excludes halogenated alkanes) is 4. The second-order valence-electron chi connectivity index (χ2n) is 5.94. The van der Waals surface area contributed by atoms with Gasteiger partial charge in [-0.2, -0.15) is 0 Å². The molecule has 0 aromatic carbocycles. The van der Waals surface area contributed by atoms with Gasteiger partial charge in [0, 0.05) is 14.7 Å². The van der Waals surface area contributed by atoms with Gasteiger partial charge in [-0.3, -0.25) is 0 Å². The molecular weight excluding hydrogens is 377 g/mol. The molecule has 0 bridgehead atoms. The maximum atomic E-state index is 11.2. The molecule has 0 aromatic heterocycles. The molecule has 0 spiro atoms. The summed E-state index contributed by atoms with van der Waals surface area (Å²) < 4.78 is 22.4. The van der Waals surface area contributed by atoms with E-state index in [1.165, 1.54) is 0 Å². The van der Waals surface area contributed by atoms with Crippen LogP contribution in [0.5, 0.6) is 0 Å². The Balaban J connectivity index is -0.000000333. The first-order valence-electron chi connectivity index (χ1n) is 8.82. The van der Waals surface area contributed by atoms with E-state index in [2.05, 4.69) is 0 Å². The Kier molecular flexibility index (Phi) is 22.0. The molecule has 0 aliphatic rings. The molecule has 0 aromatic rings. The minimum absolute atomic E-state index is 0. The molecule has 0 unspecified atom stereocenters. The van der Waals surface area contributed by atoms with Crippen LogP contribution in [0.1, 0.15) is 79.1 Å². The van der Waals surface area contributed by atoms with E-state index in [0.29, 0.717) is 24.6 Å². The molecule has 144 valence electrons. The maximum absolute atomic E-state index is 11.2. The molecule has 0 N–H and O–H groups in total. The quantitative estimate of drug-likeness (QED) is 0.350. The van der Waals surface area contributed by atoms with Gasteiger partial charge in [0.25, 0.3) is 0 Å². The molecule has 0 fully saturated rings. The van der Waals surface area contributed by atoms with Crippen molar-refractivity contribution in [2.75, 3.05) is 24.6 Å². The Labute approximate surface area is 154 Å². The minimum Gasteiger partial charge on any atom is -0.799 e. The van der Waals surface area contributed by atoms with E-state index in [1.807, 2.05) is 27.7 Å². The van der Waals surface area contributed by atoms with E-state index >= 15 is 0 Å². The molecule has 0 aliphatic carbocycles. The molecule has 0 rings (SSSR count). The SMILES string of the molecule is CCCCP(=O)([O-])CCCC.CCCCP(=O)([O-])CCCC.[Ni+2]. The summed E-state index contributed by atoms with van der Waals surface area (Å²) in [6.45, 7) is 8.05. The van der Waals surface area contributed by atoms with E-state index in [1.54, 1.807) is 0 Å². The molecule has 0 atom stereocenters. The van der Waals surface area contributed by atoms with Crippen molar-refractivity contribution >= 4 is 14.7 Å². The Morgan fingerprint density at radius 1 is 0.565 bits per heavy atom. The summed E-state index contributed by atoms with van der Waals surface area (Å²) in [5.74, 6) is 0. The summed E-state index contributed by atoms with van der Waals surface area (Å²) >= 11 is 0. The zero-order valence-corrected chi connectivity index (χ0v) is 18.1. The van der Waals surface area contributed by atoms with Gasteiger partial charge in [0.15, 0.2) is 0 Å². The Hall–Kier alpha value is 0.874. The number of hydrogen-bond donors (Lipinski definition) is 0. The summed E-state index contributed by atoms with van der Waals surface area (Å²) in [5.41, 5.74) is 0. The smallest absolute Gasteiger partial charge is 0.799 e. The van der Waals surface area contributed by atoms with Gasteiger partial charge in [0.1, 0.15) is 0 Å². The van der Waals surface area contributed by atoms with Crippen molar-refractivity contribution < 1.29 is 35.4 Å². The van der Waals surface area contributed by atoms with Crippen molar-refractivity contribution in [2.45, 2.75) is 79.1 Å². The van der Waals surface area contributed by atoms with Gasteiger partial charge in [-0.05, 0) is 50.3 Å². The minimum atomic E-state index is -2.98. The van der Waals surface area contributed by atoms with Crippen LogP contribution in [0.4, 0.5) is 0 Å². The van der Waals surface area contributed by atoms with Crippen LogP contribution < -0.4 is 9.79 Å². The molecule has 4 nitrogen and oxygen atoms in total. The van der Waals surface area contributed by atoms with Gasteiger partial charge < -0.3 is 18.9 Å². The maximum Gasteiger partial charge on any atom is 2.00 e. The van der Waals surface area contributed by atoms with Crippen LogP contribution in [0.25, 0.3) is 0 Å². The number of hydrogen-bond acceptors (Lipinski definition) is 4. The van der Waals surface area contributed by atoms with Crippen LogP contribution in [-0.4, -0.2) is 24.6 Å². The van der Waals surface area contributed by atoms with Gasteiger partial charge in [-0.1, -0.05) is 53.4 Å². The van der Waals surface area contributed by atoms with Crippen molar-refractivity contribution in [1.29, 1.82) is 0 Å². The Morgan fingerprint density at radius 2 is 0.739 bits per heavy atom. The average Bonchev–Trinajstić information content (AvgIpc) is 2.48. The average molecular weight is 413 g/mol. The molecule has 0 aliphatic heterocycles. The van der Waals surface area contributed by atoms with E-state index in [0.717, 1.165) is 51.4 Å². The van der Waals surface area contributed by atoms with Crippen molar-refractivity contribution in [3.05, 3.63) is 0 Å². The van der Waals surface area contributed by atoms with E-state index in [9.17, 15) is 18.9 Å². The first-order chi connectivity index (χ1) is 10.2. The molecule has 23 heavy (non-hydrogen) atoms. The van der Waals surface area contributed by atoms with E-state index in [4.69, 9.17) is 0 Å². The molecule has 0 saturated heterocycles. The van der Waals surface area contributed by atoms with E-state index in [-0.39, 0.29) is 16.5 Å². The van der Waals surface area contributed by atoms with Crippen molar-refractivity contribution in [1.82, 2.24) is 0 Å². The Bertz CT molecular complexity index is 282. The monoisotopic (exact) mass is 412 g/mol. The van der Waals surface area contributed by atoms with E-state index < -0.39 is 14.7 Å². The van der Waals surface area contributed by atoms with Crippen LogP contribution in [0.3, 0.4) is 0 Å². The van der Waals surface area contributed by atoms with Crippen molar-refractivity contribution in [3.8, 4) is 0 Å². The molecule has 7 heteroatoms. The second kappa shape index (κ2) is 17.7. The van der Waals surface area contributed by atoms with Gasteiger partial charge in [-0.25, -0.2) is 0 Å². The second-order valence-corrected chi connectivity index (χ2v) is 11.0. The topological polar surface area (TPSA) is 80.3 Å². The van der Waals surface area contributed by atoms with Gasteiger partial charge in [0.05, 0.1) is 0 Å². The predicted molar refractivity (Wildman–Crippen MR) is 94.3 cm³/mol. The predicted octanol–water partition coefficient (Wildman–Crippen LogP) is 4.45. The summed E-state index contributed by atoms with van der Waals surface area (Å²) in [4.78, 5) is 22.4. The van der Waals surface area contributed by atoms with Gasteiger partial charge in [-0.15, -0.1) is 0 Å². The third-order valence-electron chi connectivity index (χ3n) is 3.41. The Morgan fingerprint density at radius 3 is 0.870 bits per heavy atom. The largest absolute Gasteiger partial charge is 2.00 e. The fourth-order valence-electron chi connectivity index (χ4n) is 1.82. The fourth-order valence-corrected chi connectivity index (χ4v) is 5.46. The first kappa shape index (κ1) is 28.7. The molecule has 0 saturated carbocycles. The first-order valence-corrected chi connectivity index (χ1v) is 12.8. The van der Waals surface area contributed by atoms with Crippen LogP contribution >= 0.6 is 14.7 Å². The van der Waals surface area contributed by atoms with Gasteiger partial charge in [0.2, 0.25) is 0 Å². The third kappa shape index (κ3) is 22.9. The van der Waals surface area contributed by atoms with Crippen LogP contribution in [0, 0.1) is 0 Å². The normalized spacial score (nSPS) is 11.4. The molecule has 0 radical (unpaired) electrons. The summed E-state index contributed by atoms with van der Waals surface area (Å²) in [6, 6.07) is 0. The number of rotatable bonds is 12. The van der Waals surface area contributed by atoms with Crippen LogP contribution in [0.2, 0.25) is 0 Å². The molecule has 0 amide bonds. The standard InChI is InChI=1S/2C8H19O2P.Ni/c2*1-3-5-7-11(9,10)8-6-4-2;/h2*3-8H2,1-2H3,(H,9,10);/q;;+2/p-2. The van der Waals surface area contributed by atoms with Crippen molar-refractivity contribution in [2.24, 2.45) is 0 Å². The summed E-state index contributed by atoms with van der Waals surface area (Å²) in [7, 11) is -5.95.